The van der Waals surface area contributed by atoms with E-state index in [1.165, 1.54) is 25.0 Å². The molecular weight excluding hydrogens is 240 g/mol. The van der Waals surface area contributed by atoms with Gasteiger partial charge in [-0.15, -0.1) is 11.8 Å². The first-order valence-electron chi connectivity index (χ1n) is 6.25. The molecule has 1 aliphatic carbocycles. The molecule has 0 amide bonds. The Morgan fingerprint density at radius 1 is 1.31 bits per heavy atom. The molecule has 4 unspecified atom stereocenters. The van der Waals surface area contributed by atoms with Crippen molar-refractivity contribution in [3.63, 3.8) is 0 Å². The molecule has 3 rings (SSSR count). The summed E-state index contributed by atoms with van der Waals surface area (Å²) in [6.45, 7) is 4.88. The summed E-state index contributed by atoms with van der Waals surface area (Å²) in [5.74, 6) is 1.29. The zero-order valence-electron chi connectivity index (χ0n) is 9.81. The van der Waals surface area contributed by atoms with Crippen molar-refractivity contribution in [1.29, 1.82) is 0 Å². The van der Waals surface area contributed by atoms with Gasteiger partial charge in [0.25, 0.3) is 0 Å². The maximum absolute atomic E-state index is 5.90. The lowest BCUT2D eigenvalue weighted by Crippen LogP contribution is -2.29. The lowest BCUT2D eigenvalue weighted by atomic mass is 9.89. The highest BCUT2D eigenvalue weighted by Gasteiger charge is 2.54. The number of ether oxygens (including phenoxy) is 2. The van der Waals surface area contributed by atoms with E-state index in [1.54, 1.807) is 0 Å². The van der Waals surface area contributed by atoms with Crippen molar-refractivity contribution in [1.82, 2.24) is 0 Å². The van der Waals surface area contributed by atoms with Gasteiger partial charge in [0.1, 0.15) is 0 Å². The number of thioether (sulfide) groups is 2. The SMILES string of the molecule is CC12CC(OCCOCC3CS3)CCC1S2. The minimum absolute atomic E-state index is 0.496. The van der Waals surface area contributed by atoms with Gasteiger partial charge in [0, 0.05) is 21.0 Å². The molecule has 16 heavy (non-hydrogen) atoms. The largest absolute Gasteiger partial charge is 0.378 e. The Labute approximate surface area is 106 Å². The fraction of sp³-hybridized carbons (Fsp3) is 1.00. The minimum Gasteiger partial charge on any atom is -0.378 e. The summed E-state index contributed by atoms with van der Waals surface area (Å²) in [5, 5.41) is 1.73. The van der Waals surface area contributed by atoms with E-state index in [1.807, 2.05) is 11.8 Å². The van der Waals surface area contributed by atoms with Crippen molar-refractivity contribution in [2.24, 2.45) is 0 Å². The van der Waals surface area contributed by atoms with Crippen LogP contribution in [0.15, 0.2) is 0 Å². The molecule has 4 atom stereocenters. The van der Waals surface area contributed by atoms with E-state index in [0.29, 0.717) is 10.9 Å². The molecule has 2 aliphatic heterocycles. The van der Waals surface area contributed by atoms with Crippen molar-refractivity contribution >= 4 is 23.5 Å². The van der Waals surface area contributed by atoms with Crippen LogP contribution in [0.1, 0.15) is 26.2 Å². The van der Waals surface area contributed by atoms with E-state index in [-0.39, 0.29) is 0 Å². The highest BCUT2D eigenvalue weighted by molar-refractivity contribution is 8.08. The molecule has 2 heterocycles. The van der Waals surface area contributed by atoms with Crippen molar-refractivity contribution in [2.45, 2.75) is 47.5 Å². The monoisotopic (exact) mass is 260 g/mol. The van der Waals surface area contributed by atoms with Crippen molar-refractivity contribution in [3.05, 3.63) is 0 Å². The van der Waals surface area contributed by atoms with E-state index in [4.69, 9.17) is 9.47 Å². The lowest BCUT2D eigenvalue weighted by molar-refractivity contribution is -0.00945. The normalized spacial score (nSPS) is 45.2. The molecule has 3 aliphatic rings. The molecule has 3 fully saturated rings. The average Bonchev–Trinajstić information content (AvgIpc) is 3.11. The van der Waals surface area contributed by atoms with Crippen LogP contribution < -0.4 is 0 Å². The van der Waals surface area contributed by atoms with Gasteiger partial charge in [0.2, 0.25) is 0 Å². The second kappa shape index (κ2) is 4.71. The van der Waals surface area contributed by atoms with E-state index in [0.717, 1.165) is 30.3 Å². The van der Waals surface area contributed by atoms with Crippen LogP contribution in [0.2, 0.25) is 0 Å². The predicted octanol–water partition coefficient (Wildman–Crippen LogP) is 2.56. The third-order valence-corrected chi connectivity index (χ3v) is 6.42. The topological polar surface area (TPSA) is 18.5 Å². The molecule has 4 heteroatoms. The summed E-state index contributed by atoms with van der Waals surface area (Å²) in [5.41, 5.74) is 0. The van der Waals surface area contributed by atoms with Gasteiger partial charge in [-0.2, -0.15) is 11.8 Å². The summed E-state index contributed by atoms with van der Waals surface area (Å²) in [7, 11) is 0. The molecule has 0 aromatic carbocycles. The molecule has 0 aromatic rings. The molecule has 0 spiro atoms. The standard InChI is InChI=1S/C12H20O2S2/c1-12-6-9(2-3-11(12)16-12)14-5-4-13-7-10-8-15-10/h9-11H,2-8H2,1H3. The molecule has 0 radical (unpaired) electrons. The first kappa shape index (κ1) is 11.7. The van der Waals surface area contributed by atoms with E-state index >= 15 is 0 Å². The lowest BCUT2D eigenvalue weighted by Gasteiger charge is -2.25. The summed E-state index contributed by atoms with van der Waals surface area (Å²) >= 11 is 4.14. The van der Waals surface area contributed by atoms with E-state index in [2.05, 4.69) is 18.7 Å². The van der Waals surface area contributed by atoms with Gasteiger partial charge < -0.3 is 9.47 Å². The van der Waals surface area contributed by atoms with Gasteiger partial charge in [0.15, 0.2) is 0 Å². The summed E-state index contributed by atoms with van der Waals surface area (Å²) in [4.78, 5) is 0. The Morgan fingerprint density at radius 3 is 2.94 bits per heavy atom. The maximum Gasteiger partial charge on any atom is 0.0704 e. The second-order valence-electron chi connectivity index (χ2n) is 5.22. The van der Waals surface area contributed by atoms with E-state index in [9.17, 15) is 0 Å². The van der Waals surface area contributed by atoms with Crippen LogP contribution in [-0.4, -0.2) is 46.9 Å². The molecular formula is C12H20O2S2. The number of hydrogen-bond acceptors (Lipinski definition) is 4. The zero-order valence-corrected chi connectivity index (χ0v) is 11.4. The van der Waals surface area contributed by atoms with Crippen LogP contribution in [0.3, 0.4) is 0 Å². The van der Waals surface area contributed by atoms with Gasteiger partial charge >= 0.3 is 0 Å². The fourth-order valence-corrected chi connectivity index (χ4v) is 4.28. The Hall–Kier alpha value is 0.620. The number of fused-ring (bicyclic) bond motifs is 1. The van der Waals surface area contributed by atoms with E-state index < -0.39 is 0 Å². The quantitative estimate of drug-likeness (QED) is 0.539. The molecule has 0 aromatic heterocycles. The van der Waals surface area contributed by atoms with Gasteiger partial charge in [0.05, 0.1) is 25.9 Å². The second-order valence-corrected chi connectivity index (χ2v) is 8.29. The highest BCUT2D eigenvalue weighted by Crippen LogP contribution is 2.61. The predicted molar refractivity (Wildman–Crippen MR) is 70.4 cm³/mol. The van der Waals surface area contributed by atoms with Crippen LogP contribution in [0.5, 0.6) is 0 Å². The Kier molecular flexibility index (Phi) is 3.44. The Bertz CT molecular complexity index is 257. The molecule has 2 nitrogen and oxygen atoms in total. The minimum atomic E-state index is 0.496. The molecule has 1 saturated carbocycles. The van der Waals surface area contributed by atoms with Crippen molar-refractivity contribution in [3.8, 4) is 0 Å². The molecule has 0 N–H and O–H groups in total. The summed E-state index contributed by atoms with van der Waals surface area (Å²) in [6.07, 6.45) is 4.35. The average molecular weight is 260 g/mol. The van der Waals surface area contributed by atoms with Crippen LogP contribution >= 0.6 is 23.5 Å². The maximum atomic E-state index is 5.90. The Balaban J connectivity index is 1.27. The van der Waals surface area contributed by atoms with Crippen LogP contribution in [0, 0.1) is 0 Å². The Morgan fingerprint density at radius 2 is 2.19 bits per heavy atom. The summed E-state index contributed by atoms with van der Waals surface area (Å²) in [6, 6.07) is 0. The van der Waals surface area contributed by atoms with Crippen LogP contribution in [0.25, 0.3) is 0 Å². The highest BCUT2D eigenvalue weighted by atomic mass is 32.2. The first-order valence-corrected chi connectivity index (χ1v) is 8.18. The van der Waals surface area contributed by atoms with Crippen molar-refractivity contribution < 1.29 is 9.47 Å². The smallest absolute Gasteiger partial charge is 0.0704 e. The van der Waals surface area contributed by atoms with Gasteiger partial charge in [-0.05, 0) is 26.2 Å². The van der Waals surface area contributed by atoms with Gasteiger partial charge in [-0.3, -0.25) is 0 Å². The van der Waals surface area contributed by atoms with Crippen LogP contribution in [-0.2, 0) is 9.47 Å². The summed E-state index contributed by atoms with van der Waals surface area (Å²) < 4.78 is 12.0. The third-order valence-electron chi connectivity index (χ3n) is 3.71. The van der Waals surface area contributed by atoms with Gasteiger partial charge in [-0.25, -0.2) is 0 Å². The van der Waals surface area contributed by atoms with Gasteiger partial charge in [-0.1, -0.05) is 0 Å². The number of hydrogen-bond donors (Lipinski definition) is 0. The third kappa shape index (κ3) is 2.89. The number of rotatable bonds is 6. The first-order chi connectivity index (χ1) is 7.76. The zero-order chi connectivity index (χ0) is 11.0. The molecule has 92 valence electrons. The van der Waals surface area contributed by atoms with Crippen LogP contribution in [0.4, 0.5) is 0 Å². The molecule has 0 bridgehead atoms. The van der Waals surface area contributed by atoms with Crippen molar-refractivity contribution in [2.75, 3.05) is 25.6 Å². The fourth-order valence-electron chi connectivity index (χ4n) is 2.52. The molecule has 2 saturated heterocycles.